The first kappa shape index (κ1) is 30.8. The van der Waals surface area contributed by atoms with Crippen LogP contribution in [0.2, 0.25) is 0 Å². The predicted octanol–water partition coefficient (Wildman–Crippen LogP) is 5.74. The lowest BCUT2D eigenvalue weighted by atomic mass is 9.87. The third kappa shape index (κ3) is 8.21. The van der Waals surface area contributed by atoms with E-state index >= 15 is 0 Å². The molecule has 3 aliphatic carbocycles. The van der Waals surface area contributed by atoms with E-state index < -0.39 is 11.7 Å². The van der Waals surface area contributed by atoms with Crippen LogP contribution >= 0.6 is 0 Å². The number of fused-ring (bicyclic) bond motifs is 1. The first-order valence-electron chi connectivity index (χ1n) is 15.0. The fraction of sp³-hybridized carbons (Fsp3) is 0.700. The van der Waals surface area contributed by atoms with Gasteiger partial charge in [-0.1, -0.05) is 24.2 Å². The molecule has 2 amide bonds. The first-order valence-corrected chi connectivity index (χ1v) is 15.0. The zero-order valence-electron chi connectivity index (χ0n) is 24.7. The fourth-order valence-electron chi connectivity index (χ4n) is 5.92. The van der Waals surface area contributed by atoms with Crippen molar-refractivity contribution in [3.63, 3.8) is 0 Å². The first-order chi connectivity index (χ1) is 19.7. The number of carbonyl (C=O) groups excluding carboxylic acids is 2. The maximum atomic E-state index is 14.1. The molecule has 0 bridgehead atoms. The third-order valence-electron chi connectivity index (χ3n) is 8.65. The summed E-state index contributed by atoms with van der Waals surface area (Å²) in [7, 11) is 0. The fourth-order valence-corrected chi connectivity index (χ4v) is 5.92. The number of azide groups is 1. The average molecular weight is 568 g/mol. The van der Waals surface area contributed by atoms with Crippen molar-refractivity contribution in [3.05, 3.63) is 45.5 Å². The van der Waals surface area contributed by atoms with Crippen molar-refractivity contribution in [2.24, 2.45) is 5.11 Å². The van der Waals surface area contributed by atoms with Crippen LogP contribution in [0.4, 0.5) is 4.79 Å². The molecule has 4 aliphatic rings. The van der Waals surface area contributed by atoms with Crippen LogP contribution in [0.15, 0.2) is 40.2 Å². The molecule has 11 heteroatoms. The van der Waals surface area contributed by atoms with E-state index in [-0.39, 0.29) is 30.8 Å². The number of hydrogen-bond donors (Lipinski definition) is 2. The third-order valence-corrected chi connectivity index (χ3v) is 8.65. The Labute approximate surface area is 243 Å². The van der Waals surface area contributed by atoms with E-state index in [2.05, 4.69) is 31.2 Å². The molecule has 4 rings (SSSR count). The standard InChI is InChI=1S/C30H45N7O4/c1-4-30(2,3)41-29(39)33-19-21-18-23(12-13-26(21)31)37(22-10-11-22)28(38)25-8-7-9-27-24(25)14-16-36(27)15-5-6-17-40-20-34-35-32/h7-8,19,22-23,27,31H,4-6,9-18,20H2,1-3H3,(H,33,39)/b21-19-,31-26?. The molecule has 0 aromatic carbocycles. The number of hydrogen-bond acceptors (Lipinski definition) is 7. The largest absolute Gasteiger partial charge is 0.443 e. The van der Waals surface area contributed by atoms with E-state index in [1.54, 1.807) is 6.20 Å². The van der Waals surface area contributed by atoms with Crippen LogP contribution in [-0.4, -0.2) is 77.7 Å². The lowest BCUT2D eigenvalue weighted by molar-refractivity contribution is -0.130. The molecule has 3 fully saturated rings. The summed E-state index contributed by atoms with van der Waals surface area (Å²) in [6.07, 6.45) is 13.6. The van der Waals surface area contributed by atoms with Crippen LogP contribution in [0.25, 0.3) is 10.4 Å². The van der Waals surface area contributed by atoms with E-state index in [1.165, 1.54) is 5.57 Å². The van der Waals surface area contributed by atoms with Crippen LogP contribution in [0.5, 0.6) is 0 Å². The van der Waals surface area contributed by atoms with Gasteiger partial charge < -0.3 is 19.8 Å². The number of nitrogens with zero attached hydrogens (tertiary/aromatic N) is 5. The van der Waals surface area contributed by atoms with Gasteiger partial charge in [0.1, 0.15) is 12.3 Å². The lowest BCUT2D eigenvalue weighted by Gasteiger charge is -2.37. The van der Waals surface area contributed by atoms with Gasteiger partial charge in [-0.3, -0.25) is 15.0 Å². The highest BCUT2D eigenvalue weighted by Crippen LogP contribution is 2.39. The zero-order chi connectivity index (χ0) is 29.4. The van der Waals surface area contributed by atoms with Gasteiger partial charge in [0.15, 0.2) is 0 Å². The minimum absolute atomic E-state index is 0.00463. The molecule has 1 heterocycles. The maximum absolute atomic E-state index is 14.1. The second-order valence-corrected chi connectivity index (χ2v) is 12.0. The second-order valence-electron chi connectivity index (χ2n) is 12.0. The summed E-state index contributed by atoms with van der Waals surface area (Å²) in [6, 6.07) is 0.515. The summed E-state index contributed by atoms with van der Waals surface area (Å²) in [5.74, 6) is 0.117. The highest BCUT2D eigenvalue weighted by atomic mass is 16.6. The van der Waals surface area contributed by atoms with Gasteiger partial charge in [0.25, 0.3) is 5.91 Å². The van der Waals surface area contributed by atoms with Crippen LogP contribution in [0.3, 0.4) is 0 Å². The van der Waals surface area contributed by atoms with Gasteiger partial charge in [0.05, 0.1) is 0 Å². The molecule has 0 aromatic heterocycles. The van der Waals surface area contributed by atoms with Crippen molar-refractivity contribution in [2.45, 2.75) is 109 Å². The van der Waals surface area contributed by atoms with Crippen molar-refractivity contribution in [2.75, 3.05) is 26.4 Å². The van der Waals surface area contributed by atoms with Crippen molar-refractivity contribution >= 4 is 17.7 Å². The van der Waals surface area contributed by atoms with E-state index in [0.29, 0.717) is 31.6 Å². The molecule has 2 N–H and O–H groups in total. The number of amides is 2. The molecule has 41 heavy (non-hydrogen) atoms. The number of likely N-dealkylation sites (tertiary alicyclic amines) is 1. The summed E-state index contributed by atoms with van der Waals surface area (Å²) in [5, 5.41) is 14.6. The molecule has 1 saturated heterocycles. The number of carbonyl (C=O) groups is 2. The van der Waals surface area contributed by atoms with Gasteiger partial charge in [-0.25, -0.2) is 4.79 Å². The zero-order valence-corrected chi connectivity index (χ0v) is 24.7. The Bertz CT molecular complexity index is 1130. The van der Waals surface area contributed by atoms with Crippen molar-refractivity contribution in [1.29, 1.82) is 5.41 Å². The van der Waals surface area contributed by atoms with Crippen molar-refractivity contribution in [1.82, 2.24) is 15.1 Å². The molecule has 2 atom stereocenters. The molecule has 0 spiro atoms. The summed E-state index contributed by atoms with van der Waals surface area (Å²) in [6.45, 7) is 8.25. The topological polar surface area (TPSA) is 144 Å². The molecule has 1 aliphatic heterocycles. The normalized spacial score (nSPS) is 23.8. The minimum atomic E-state index is -0.557. The average Bonchev–Trinajstić information content (AvgIpc) is 3.70. The lowest BCUT2D eigenvalue weighted by Crippen LogP contribution is -2.46. The molecule has 0 aromatic rings. The molecule has 224 valence electrons. The highest BCUT2D eigenvalue weighted by molar-refractivity contribution is 6.00. The number of unbranched alkanes of at least 4 members (excludes halogenated alkanes) is 1. The van der Waals surface area contributed by atoms with Crippen LogP contribution in [0, 0.1) is 5.41 Å². The van der Waals surface area contributed by atoms with E-state index in [0.717, 1.165) is 69.2 Å². The molecular weight excluding hydrogens is 522 g/mol. The highest BCUT2D eigenvalue weighted by Gasteiger charge is 2.42. The van der Waals surface area contributed by atoms with E-state index in [4.69, 9.17) is 20.4 Å². The van der Waals surface area contributed by atoms with Gasteiger partial charge in [0.2, 0.25) is 0 Å². The molecule has 0 radical (unpaired) electrons. The molecule has 2 saturated carbocycles. The Balaban J connectivity index is 1.39. The van der Waals surface area contributed by atoms with Gasteiger partial charge in [0, 0.05) is 53.7 Å². The van der Waals surface area contributed by atoms with Gasteiger partial charge in [-0.2, -0.15) is 0 Å². The Morgan fingerprint density at radius 2 is 2.07 bits per heavy atom. The van der Waals surface area contributed by atoms with Crippen LogP contribution in [0.1, 0.15) is 85.0 Å². The molecular formula is C30H45N7O4. The SMILES string of the molecule is CCC(C)(C)OC(=O)N/C=C1/CC(N(C(=O)C2=C3CCN(CCCCOCN=[N+]=[N-])C3CC=C2)C2CC2)CCC1=N. The van der Waals surface area contributed by atoms with Crippen LogP contribution in [-0.2, 0) is 14.3 Å². The van der Waals surface area contributed by atoms with Gasteiger partial charge >= 0.3 is 6.09 Å². The van der Waals surface area contributed by atoms with Crippen molar-refractivity contribution in [3.8, 4) is 0 Å². The monoisotopic (exact) mass is 567 g/mol. The Morgan fingerprint density at radius 1 is 1.27 bits per heavy atom. The Morgan fingerprint density at radius 3 is 2.80 bits per heavy atom. The molecule has 2 unspecified atom stereocenters. The number of alkyl carbamates (subject to hydrolysis) is 1. The number of rotatable bonds is 13. The summed E-state index contributed by atoms with van der Waals surface area (Å²) in [5.41, 5.74) is 11.1. The minimum Gasteiger partial charge on any atom is -0.443 e. The van der Waals surface area contributed by atoms with Crippen molar-refractivity contribution < 1.29 is 19.1 Å². The van der Waals surface area contributed by atoms with Crippen LogP contribution < -0.4 is 5.32 Å². The summed E-state index contributed by atoms with van der Waals surface area (Å²) >= 11 is 0. The summed E-state index contributed by atoms with van der Waals surface area (Å²) < 4.78 is 10.8. The van der Waals surface area contributed by atoms with E-state index in [9.17, 15) is 9.59 Å². The maximum Gasteiger partial charge on any atom is 0.411 e. The quantitative estimate of drug-likeness (QED) is 0.126. The Hall–Kier alpha value is -3.14. The summed E-state index contributed by atoms with van der Waals surface area (Å²) in [4.78, 5) is 33.7. The van der Waals surface area contributed by atoms with Gasteiger partial charge in [-0.05, 0) is 101 Å². The number of ether oxygens (including phenoxy) is 2. The second kappa shape index (κ2) is 14.2. The van der Waals surface area contributed by atoms with E-state index in [1.807, 2.05) is 26.8 Å². The number of nitrogens with one attached hydrogen (secondary N) is 2. The Kier molecular flexibility index (Phi) is 10.6. The smallest absolute Gasteiger partial charge is 0.411 e. The predicted molar refractivity (Wildman–Crippen MR) is 157 cm³/mol. The molecule has 11 nitrogen and oxygen atoms in total. The van der Waals surface area contributed by atoms with Gasteiger partial charge in [-0.15, -0.1) is 0 Å².